The molecular formula is C20H29N5O3. The minimum absolute atomic E-state index is 0.0777. The lowest BCUT2D eigenvalue weighted by molar-refractivity contribution is -0.143. The number of carbonyl (C=O) groups is 3. The summed E-state index contributed by atoms with van der Waals surface area (Å²) in [6.45, 7) is 5.37. The van der Waals surface area contributed by atoms with Gasteiger partial charge in [-0.15, -0.1) is 0 Å². The molecule has 1 atom stereocenters. The SMILES string of the molecule is C=CC(=O)N1CCC(C(=O)N2CCCCC2c2[nH]ncc2C(=O)N(C)C)CC1. The van der Waals surface area contributed by atoms with Crippen molar-refractivity contribution in [2.45, 2.75) is 38.1 Å². The maximum Gasteiger partial charge on any atom is 0.256 e. The first-order valence-electron chi connectivity index (χ1n) is 9.90. The van der Waals surface area contributed by atoms with Gasteiger partial charge in [0.15, 0.2) is 0 Å². The van der Waals surface area contributed by atoms with Crippen LogP contribution in [0.2, 0.25) is 0 Å². The molecule has 3 heterocycles. The number of nitrogens with zero attached hydrogens (tertiary/aromatic N) is 4. The molecule has 8 nitrogen and oxygen atoms in total. The number of nitrogens with one attached hydrogen (secondary N) is 1. The van der Waals surface area contributed by atoms with Crippen molar-refractivity contribution in [2.75, 3.05) is 33.7 Å². The maximum absolute atomic E-state index is 13.3. The molecule has 0 aliphatic carbocycles. The Kier molecular flexibility index (Phi) is 6.16. The van der Waals surface area contributed by atoms with Crippen LogP contribution >= 0.6 is 0 Å². The molecule has 1 aromatic heterocycles. The molecule has 1 N–H and O–H groups in total. The van der Waals surface area contributed by atoms with Gasteiger partial charge in [-0.2, -0.15) is 5.10 Å². The van der Waals surface area contributed by atoms with Crippen LogP contribution in [0.25, 0.3) is 0 Å². The normalized spacial score (nSPS) is 20.7. The fourth-order valence-electron chi connectivity index (χ4n) is 4.17. The summed E-state index contributed by atoms with van der Waals surface area (Å²) < 4.78 is 0. The first kappa shape index (κ1) is 20.1. The van der Waals surface area contributed by atoms with Gasteiger partial charge in [0.05, 0.1) is 23.5 Å². The second kappa shape index (κ2) is 8.58. The van der Waals surface area contributed by atoms with Gasteiger partial charge in [-0.25, -0.2) is 0 Å². The fraction of sp³-hybridized carbons (Fsp3) is 0.600. The zero-order chi connectivity index (χ0) is 20.3. The summed E-state index contributed by atoms with van der Waals surface area (Å²) in [5.41, 5.74) is 1.26. The predicted molar refractivity (Wildman–Crippen MR) is 104 cm³/mol. The summed E-state index contributed by atoms with van der Waals surface area (Å²) in [6, 6.07) is -0.157. The molecule has 2 fully saturated rings. The lowest BCUT2D eigenvalue weighted by atomic mass is 9.91. The monoisotopic (exact) mass is 387 g/mol. The lowest BCUT2D eigenvalue weighted by Gasteiger charge is -2.39. The molecule has 8 heteroatoms. The Morgan fingerprint density at radius 3 is 2.54 bits per heavy atom. The van der Waals surface area contributed by atoms with Crippen LogP contribution in [0.3, 0.4) is 0 Å². The zero-order valence-corrected chi connectivity index (χ0v) is 16.7. The van der Waals surface area contributed by atoms with E-state index in [0.717, 1.165) is 25.0 Å². The number of carbonyl (C=O) groups excluding carboxylic acids is 3. The maximum atomic E-state index is 13.3. The van der Waals surface area contributed by atoms with E-state index in [0.29, 0.717) is 38.0 Å². The van der Waals surface area contributed by atoms with Crippen LogP contribution in [0.5, 0.6) is 0 Å². The molecule has 2 aliphatic rings. The molecule has 28 heavy (non-hydrogen) atoms. The summed E-state index contributed by atoms with van der Waals surface area (Å²) >= 11 is 0. The molecule has 3 amide bonds. The van der Waals surface area contributed by atoms with Gasteiger partial charge in [-0.05, 0) is 38.2 Å². The fourth-order valence-corrected chi connectivity index (χ4v) is 4.17. The molecular weight excluding hydrogens is 358 g/mol. The van der Waals surface area contributed by atoms with E-state index in [1.807, 2.05) is 4.90 Å². The Morgan fingerprint density at radius 1 is 1.18 bits per heavy atom. The number of H-pyrrole nitrogens is 1. The van der Waals surface area contributed by atoms with E-state index in [9.17, 15) is 14.4 Å². The summed E-state index contributed by atoms with van der Waals surface area (Å²) in [5.74, 6) is -0.164. The molecule has 0 radical (unpaired) electrons. The lowest BCUT2D eigenvalue weighted by Crippen LogP contribution is -2.46. The van der Waals surface area contributed by atoms with E-state index >= 15 is 0 Å². The number of rotatable bonds is 4. The van der Waals surface area contributed by atoms with Crippen LogP contribution in [-0.2, 0) is 9.59 Å². The molecule has 3 rings (SSSR count). The molecule has 152 valence electrons. The van der Waals surface area contributed by atoms with Gasteiger partial charge < -0.3 is 14.7 Å². The second-order valence-electron chi connectivity index (χ2n) is 7.74. The molecule has 1 aromatic rings. The summed E-state index contributed by atoms with van der Waals surface area (Å²) in [4.78, 5) is 42.7. The first-order chi connectivity index (χ1) is 13.4. The van der Waals surface area contributed by atoms with Crippen LogP contribution in [0, 0.1) is 5.92 Å². The van der Waals surface area contributed by atoms with Crippen molar-refractivity contribution < 1.29 is 14.4 Å². The minimum Gasteiger partial charge on any atom is -0.345 e. The average Bonchev–Trinajstić information content (AvgIpc) is 3.21. The third-order valence-electron chi connectivity index (χ3n) is 5.76. The number of hydrogen-bond acceptors (Lipinski definition) is 4. The van der Waals surface area contributed by atoms with Gasteiger partial charge in [0.2, 0.25) is 11.8 Å². The van der Waals surface area contributed by atoms with Crippen molar-refractivity contribution in [1.82, 2.24) is 24.9 Å². The molecule has 0 aromatic carbocycles. The highest BCUT2D eigenvalue weighted by molar-refractivity contribution is 5.95. The van der Waals surface area contributed by atoms with Crippen LogP contribution < -0.4 is 0 Å². The van der Waals surface area contributed by atoms with Crippen molar-refractivity contribution in [3.63, 3.8) is 0 Å². The predicted octanol–water partition coefficient (Wildman–Crippen LogP) is 1.59. The smallest absolute Gasteiger partial charge is 0.256 e. The molecule has 0 bridgehead atoms. The van der Waals surface area contributed by atoms with E-state index in [1.54, 1.807) is 25.2 Å². The van der Waals surface area contributed by atoms with Crippen molar-refractivity contribution in [3.8, 4) is 0 Å². The van der Waals surface area contributed by atoms with Gasteiger partial charge in [-0.1, -0.05) is 6.58 Å². The van der Waals surface area contributed by atoms with Gasteiger partial charge in [0, 0.05) is 39.6 Å². The van der Waals surface area contributed by atoms with E-state index in [1.165, 1.54) is 11.0 Å². The number of likely N-dealkylation sites (tertiary alicyclic amines) is 2. The number of amides is 3. The Bertz CT molecular complexity index is 749. The van der Waals surface area contributed by atoms with E-state index in [4.69, 9.17) is 0 Å². The number of hydrogen-bond donors (Lipinski definition) is 1. The number of aromatic amines is 1. The highest BCUT2D eigenvalue weighted by atomic mass is 16.2. The highest BCUT2D eigenvalue weighted by Crippen LogP contribution is 2.34. The third kappa shape index (κ3) is 3.95. The molecule has 1 unspecified atom stereocenters. The summed E-state index contributed by atoms with van der Waals surface area (Å²) in [5, 5.41) is 7.06. The van der Waals surface area contributed by atoms with Gasteiger partial charge in [0.25, 0.3) is 5.91 Å². The van der Waals surface area contributed by atoms with Crippen LogP contribution in [0.4, 0.5) is 0 Å². The number of piperidine rings is 2. The quantitative estimate of drug-likeness (QED) is 0.795. The largest absolute Gasteiger partial charge is 0.345 e. The van der Waals surface area contributed by atoms with Gasteiger partial charge >= 0.3 is 0 Å². The summed E-state index contributed by atoms with van der Waals surface area (Å²) in [6.07, 6.45) is 6.98. The van der Waals surface area contributed by atoms with Crippen molar-refractivity contribution in [1.29, 1.82) is 0 Å². The summed E-state index contributed by atoms with van der Waals surface area (Å²) in [7, 11) is 3.42. The van der Waals surface area contributed by atoms with E-state index in [-0.39, 0.29) is 29.7 Å². The second-order valence-corrected chi connectivity index (χ2v) is 7.74. The average molecular weight is 387 g/mol. The molecule has 0 saturated carbocycles. The topological polar surface area (TPSA) is 89.6 Å². The number of aromatic nitrogens is 2. The third-order valence-corrected chi connectivity index (χ3v) is 5.76. The van der Waals surface area contributed by atoms with Crippen molar-refractivity contribution in [3.05, 3.63) is 30.1 Å². The van der Waals surface area contributed by atoms with Gasteiger partial charge in [0.1, 0.15) is 0 Å². The van der Waals surface area contributed by atoms with Crippen LogP contribution in [-0.4, -0.2) is 76.3 Å². The molecule has 2 aliphatic heterocycles. The highest BCUT2D eigenvalue weighted by Gasteiger charge is 2.36. The Morgan fingerprint density at radius 2 is 1.89 bits per heavy atom. The standard InChI is InChI=1S/C20H29N5O3/c1-4-17(26)24-11-8-14(9-12-24)19(27)25-10-6-5-7-16(25)18-15(13-21-22-18)20(28)23(2)3/h4,13-14,16H,1,5-12H2,2-3H3,(H,21,22). The van der Waals surface area contributed by atoms with Crippen LogP contribution in [0.1, 0.15) is 54.2 Å². The zero-order valence-electron chi connectivity index (χ0n) is 16.7. The van der Waals surface area contributed by atoms with E-state index < -0.39 is 0 Å². The van der Waals surface area contributed by atoms with Crippen molar-refractivity contribution >= 4 is 17.7 Å². The minimum atomic E-state index is -0.157. The van der Waals surface area contributed by atoms with E-state index in [2.05, 4.69) is 16.8 Å². The first-order valence-corrected chi connectivity index (χ1v) is 9.90. The van der Waals surface area contributed by atoms with Crippen molar-refractivity contribution in [2.24, 2.45) is 5.92 Å². The molecule has 0 spiro atoms. The van der Waals surface area contributed by atoms with Crippen LogP contribution in [0.15, 0.2) is 18.9 Å². The Hall–Kier alpha value is -2.64. The van der Waals surface area contributed by atoms with Gasteiger partial charge in [-0.3, -0.25) is 19.5 Å². The Balaban J connectivity index is 1.75. The Labute approximate surface area is 165 Å². The molecule has 2 saturated heterocycles.